The Hall–Kier alpha value is -2.66. The molecule has 0 aromatic heterocycles. The highest BCUT2D eigenvalue weighted by molar-refractivity contribution is 7.89. The average Bonchev–Trinajstić information content (AvgIpc) is 2.50. The molecule has 0 fully saturated rings. The molecular weight excluding hydrogens is 354 g/mol. The molecule has 0 aliphatic heterocycles. The first-order chi connectivity index (χ1) is 11.5. The third-order valence-corrected chi connectivity index (χ3v) is 3.64. The van der Waals surface area contributed by atoms with E-state index in [1.807, 2.05) is 5.32 Å². The van der Waals surface area contributed by atoms with Gasteiger partial charge in [0.25, 0.3) is 5.91 Å². The van der Waals surface area contributed by atoms with Gasteiger partial charge in [0, 0.05) is 6.04 Å². The van der Waals surface area contributed by atoms with Crippen LogP contribution in [0.2, 0.25) is 0 Å². The monoisotopic (exact) mass is 373 g/mol. The van der Waals surface area contributed by atoms with Gasteiger partial charge in [0.05, 0.1) is 12.0 Å². The molecule has 0 bridgehead atoms. The van der Waals surface area contributed by atoms with Crippen LogP contribution in [-0.4, -0.2) is 46.1 Å². The van der Waals surface area contributed by atoms with Gasteiger partial charge in [-0.05, 0) is 32.0 Å². The number of benzene rings is 1. The van der Waals surface area contributed by atoms with E-state index in [0.717, 1.165) is 12.1 Å². The zero-order chi connectivity index (χ0) is 19.2. The number of carbonyl (C=O) groups excluding carboxylic acids is 3. The third-order valence-electron chi connectivity index (χ3n) is 2.73. The maximum Gasteiger partial charge on any atom is 0.342 e. The second-order valence-electron chi connectivity index (χ2n) is 5.16. The number of sulfonamides is 1. The van der Waals surface area contributed by atoms with Gasteiger partial charge in [-0.15, -0.1) is 0 Å². The molecule has 0 saturated heterocycles. The molecule has 0 heterocycles. The summed E-state index contributed by atoms with van der Waals surface area (Å²) in [5.74, 6) is -1.83. The molecule has 0 unspecified atom stereocenters. The Balaban J connectivity index is 2.80. The van der Waals surface area contributed by atoms with Crippen molar-refractivity contribution < 1.29 is 32.3 Å². The minimum absolute atomic E-state index is 0.0374. The van der Waals surface area contributed by atoms with Gasteiger partial charge in [-0.2, -0.15) is 0 Å². The Morgan fingerprint density at radius 2 is 1.88 bits per heavy atom. The van der Waals surface area contributed by atoms with Crippen molar-refractivity contribution in [3.63, 3.8) is 0 Å². The number of hydrogen-bond donors (Lipinski definition) is 3. The highest BCUT2D eigenvalue weighted by Crippen LogP contribution is 2.22. The standard InChI is InChI=1S/C14H19N3O7S/c1-8(2)16-14(20)17-12(18)7-24-13(19)10-6-9(25(15,21)22)4-5-11(10)23-3/h4-6,8H,7H2,1-3H3,(H2,15,21,22)(H2,16,17,18,20). The van der Waals surface area contributed by atoms with Crippen molar-refractivity contribution in [1.82, 2.24) is 10.6 Å². The Bertz CT molecular complexity index is 775. The van der Waals surface area contributed by atoms with Crippen molar-refractivity contribution >= 4 is 27.9 Å². The van der Waals surface area contributed by atoms with E-state index in [1.165, 1.54) is 13.2 Å². The fourth-order valence-electron chi connectivity index (χ4n) is 1.69. The Morgan fingerprint density at radius 3 is 2.40 bits per heavy atom. The van der Waals surface area contributed by atoms with E-state index >= 15 is 0 Å². The normalized spacial score (nSPS) is 10.9. The van der Waals surface area contributed by atoms with Gasteiger partial charge in [-0.3, -0.25) is 10.1 Å². The van der Waals surface area contributed by atoms with Crippen LogP contribution in [0.5, 0.6) is 5.75 Å². The van der Waals surface area contributed by atoms with Crippen LogP contribution in [-0.2, 0) is 19.6 Å². The highest BCUT2D eigenvalue weighted by atomic mass is 32.2. The summed E-state index contributed by atoms with van der Waals surface area (Å²) in [6.07, 6.45) is 0. The molecule has 0 radical (unpaired) electrons. The molecule has 1 aromatic rings. The molecule has 4 N–H and O–H groups in total. The molecule has 10 nitrogen and oxygen atoms in total. The number of nitrogens with one attached hydrogen (secondary N) is 2. The maximum atomic E-state index is 12.1. The molecule has 25 heavy (non-hydrogen) atoms. The second-order valence-corrected chi connectivity index (χ2v) is 6.72. The molecule has 0 aliphatic carbocycles. The van der Waals surface area contributed by atoms with Gasteiger partial charge < -0.3 is 14.8 Å². The number of carbonyl (C=O) groups is 3. The Morgan fingerprint density at radius 1 is 1.24 bits per heavy atom. The lowest BCUT2D eigenvalue weighted by atomic mass is 10.2. The molecule has 0 aliphatic rings. The average molecular weight is 373 g/mol. The Kier molecular flexibility index (Phi) is 6.88. The van der Waals surface area contributed by atoms with Crippen molar-refractivity contribution in [1.29, 1.82) is 0 Å². The minimum atomic E-state index is -4.04. The summed E-state index contributed by atoms with van der Waals surface area (Å²) >= 11 is 0. The van der Waals surface area contributed by atoms with E-state index in [0.29, 0.717) is 0 Å². The molecule has 0 saturated carbocycles. The number of methoxy groups -OCH3 is 1. The summed E-state index contributed by atoms with van der Waals surface area (Å²) < 4.78 is 32.4. The molecule has 0 atom stereocenters. The summed E-state index contributed by atoms with van der Waals surface area (Å²) in [7, 11) is -2.77. The predicted molar refractivity (Wildman–Crippen MR) is 86.5 cm³/mol. The number of urea groups is 1. The zero-order valence-electron chi connectivity index (χ0n) is 13.9. The van der Waals surface area contributed by atoms with Crippen molar-refractivity contribution in [3.8, 4) is 5.75 Å². The lowest BCUT2D eigenvalue weighted by Gasteiger charge is -2.11. The van der Waals surface area contributed by atoms with Crippen molar-refractivity contribution in [2.75, 3.05) is 13.7 Å². The van der Waals surface area contributed by atoms with E-state index in [9.17, 15) is 22.8 Å². The quantitative estimate of drug-likeness (QED) is 0.580. The smallest absolute Gasteiger partial charge is 0.342 e. The van der Waals surface area contributed by atoms with Gasteiger partial charge in [0.1, 0.15) is 11.3 Å². The van der Waals surface area contributed by atoms with Crippen molar-refractivity contribution in [2.24, 2.45) is 5.14 Å². The van der Waals surface area contributed by atoms with Crippen LogP contribution in [0.1, 0.15) is 24.2 Å². The lowest BCUT2D eigenvalue weighted by molar-refractivity contribution is -0.123. The first-order valence-corrected chi connectivity index (χ1v) is 8.57. The van der Waals surface area contributed by atoms with Crippen LogP contribution in [0.25, 0.3) is 0 Å². The third kappa shape index (κ3) is 6.39. The van der Waals surface area contributed by atoms with Crippen LogP contribution in [0.4, 0.5) is 4.79 Å². The summed E-state index contributed by atoms with van der Waals surface area (Å²) in [6, 6.07) is 2.45. The van der Waals surface area contributed by atoms with E-state index < -0.39 is 34.5 Å². The van der Waals surface area contributed by atoms with Gasteiger partial charge in [0.2, 0.25) is 10.0 Å². The number of amides is 3. The zero-order valence-corrected chi connectivity index (χ0v) is 14.7. The van der Waals surface area contributed by atoms with E-state index in [4.69, 9.17) is 14.6 Å². The van der Waals surface area contributed by atoms with Crippen LogP contribution in [0, 0.1) is 0 Å². The van der Waals surface area contributed by atoms with E-state index in [-0.39, 0.29) is 22.3 Å². The lowest BCUT2D eigenvalue weighted by Crippen LogP contribution is -2.44. The fourth-order valence-corrected chi connectivity index (χ4v) is 2.23. The fraction of sp³-hybridized carbons (Fsp3) is 0.357. The first kappa shape index (κ1) is 20.4. The topological polar surface area (TPSA) is 154 Å². The van der Waals surface area contributed by atoms with Gasteiger partial charge in [0.15, 0.2) is 6.61 Å². The number of esters is 1. The van der Waals surface area contributed by atoms with Crippen molar-refractivity contribution in [3.05, 3.63) is 23.8 Å². The van der Waals surface area contributed by atoms with Gasteiger partial charge in [-0.25, -0.2) is 23.1 Å². The van der Waals surface area contributed by atoms with Crippen molar-refractivity contribution in [2.45, 2.75) is 24.8 Å². The van der Waals surface area contributed by atoms with E-state index in [2.05, 4.69) is 5.32 Å². The van der Waals surface area contributed by atoms with Crippen LogP contribution < -0.4 is 20.5 Å². The number of ether oxygens (including phenoxy) is 2. The van der Waals surface area contributed by atoms with Crippen LogP contribution in [0.3, 0.4) is 0 Å². The number of rotatable bonds is 6. The highest BCUT2D eigenvalue weighted by Gasteiger charge is 2.20. The number of nitrogens with two attached hydrogens (primary N) is 1. The maximum absolute atomic E-state index is 12.1. The molecule has 1 rings (SSSR count). The van der Waals surface area contributed by atoms with Crippen LogP contribution >= 0.6 is 0 Å². The number of imide groups is 1. The molecule has 0 spiro atoms. The molecule has 11 heteroatoms. The predicted octanol–water partition coefficient (Wildman–Crippen LogP) is -0.266. The molecule has 3 amide bonds. The first-order valence-electron chi connectivity index (χ1n) is 7.03. The summed E-state index contributed by atoms with van der Waals surface area (Å²) in [4.78, 5) is 34.6. The molecule has 1 aromatic carbocycles. The second kappa shape index (κ2) is 8.44. The number of hydrogen-bond acceptors (Lipinski definition) is 7. The summed E-state index contributed by atoms with van der Waals surface area (Å²) in [5.41, 5.74) is -0.228. The minimum Gasteiger partial charge on any atom is -0.496 e. The van der Waals surface area contributed by atoms with Crippen LogP contribution in [0.15, 0.2) is 23.1 Å². The molecule has 138 valence electrons. The largest absolute Gasteiger partial charge is 0.496 e. The summed E-state index contributed by atoms with van der Waals surface area (Å²) in [5, 5.41) is 9.40. The number of primary sulfonamides is 1. The summed E-state index contributed by atoms with van der Waals surface area (Å²) in [6.45, 7) is 2.66. The Labute approximate surface area is 144 Å². The molecular formula is C14H19N3O7S. The van der Waals surface area contributed by atoms with Gasteiger partial charge >= 0.3 is 12.0 Å². The van der Waals surface area contributed by atoms with E-state index in [1.54, 1.807) is 13.8 Å². The van der Waals surface area contributed by atoms with Gasteiger partial charge in [-0.1, -0.05) is 0 Å². The SMILES string of the molecule is COc1ccc(S(N)(=O)=O)cc1C(=O)OCC(=O)NC(=O)NC(C)C.